The number of aliphatic hydroxyl groups is 1. The molecule has 2 rings (SSSR count). The van der Waals surface area contributed by atoms with E-state index in [1.807, 2.05) is 36.5 Å². The number of nitrogens with zero attached hydrogens (tertiary/aromatic N) is 2. The molecule has 0 aliphatic heterocycles. The first-order chi connectivity index (χ1) is 7.90. The van der Waals surface area contributed by atoms with Crippen LogP contribution in [0.25, 0.3) is 5.69 Å². The molecule has 84 valence electrons. The lowest BCUT2D eigenvalue weighted by atomic mass is 10.3. The standard InChI is InChI=1S/C12H14N2O2/c15-9-2-10-16-12-5-3-11(4-6-12)14-8-1-7-13-14/h1,3-8,15H,2,9-10H2. The topological polar surface area (TPSA) is 47.3 Å². The van der Waals surface area contributed by atoms with E-state index in [1.54, 1.807) is 10.9 Å². The summed E-state index contributed by atoms with van der Waals surface area (Å²) in [6.45, 7) is 0.697. The molecule has 0 aliphatic carbocycles. The summed E-state index contributed by atoms with van der Waals surface area (Å²) in [7, 11) is 0. The number of ether oxygens (including phenoxy) is 1. The van der Waals surface area contributed by atoms with Gasteiger partial charge in [-0.3, -0.25) is 0 Å². The quantitative estimate of drug-likeness (QED) is 0.776. The molecule has 0 spiro atoms. The smallest absolute Gasteiger partial charge is 0.119 e. The van der Waals surface area contributed by atoms with Crippen molar-refractivity contribution < 1.29 is 9.84 Å². The van der Waals surface area contributed by atoms with Gasteiger partial charge in [-0.15, -0.1) is 0 Å². The van der Waals surface area contributed by atoms with Crippen molar-refractivity contribution in [3.63, 3.8) is 0 Å². The average molecular weight is 218 g/mol. The molecule has 0 saturated carbocycles. The molecule has 0 amide bonds. The van der Waals surface area contributed by atoms with Gasteiger partial charge in [0.1, 0.15) is 5.75 Å². The molecule has 2 aromatic rings. The fourth-order valence-electron chi connectivity index (χ4n) is 1.37. The van der Waals surface area contributed by atoms with Crippen molar-refractivity contribution in [2.75, 3.05) is 13.2 Å². The van der Waals surface area contributed by atoms with Crippen LogP contribution in [0.4, 0.5) is 0 Å². The van der Waals surface area contributed by atoms with Crippen LogP contribution in [0.1, 0.15) is 6.42 Å². The second-order valence-electron chi connectivity index (χ2n) is 3.37. The van der Waals surface area contributed by atoms with Gasteiger partial charge in [0.05, 0.1) is 12.3 Å². The molecule has 1 N–H and O–H groups in total. The van der Waals surface area contributed by atoms with Crippen LogP contribution in [0.2, 0.25) is 0 Å². The average Bonchev–Trinajstić information content (AvgIpc) is 2.84. The van der Waals surface area contributed by atoms with E-state index in [2.05, 4.69) is 5.10 Å². The molecule has 0 atom stereocenters. The Balaban J connectivity index is 2.00. The summed E-state index contributed by atoms with van der Waals surface area (Å²) >= 11 is 0. The summed E-state index contributed by atoms with van der Waals surface area (Å²) in [6.07, 6.45) is 4.29. The predicted octanol–water partition coefficient (Wildman–Crippen LogP) is 1.63. The van der Waals surface area contributed by atoms with Gasteiger partial charge in [-0.1, -0.05) is 0 Å². The van der Waals surface area contributed by atoms with Crippen molar-refractivity contribution in [1.82, 2.24) is 9.78 Å². The first-order valence-electron chi connectivity index (χ1n) is 5.24. The zero-order chi connectivity index (χ0) is 11.2. The summed E-state index contributed by atoms with van der Waals surface area (Å²) in [4.78, 5) is 0. The minimum Gasteiger partial charge on any atom is -0.494 e. The zero-order valence-corrected chi connectivity index (χ0v) is 8.91. The lowest BCUT2D eigenvalue weighted by molar-refractivity contribution is 0.233. The number of hydrogen-bond acceptors (Lipinski definition) is 3. The minimum absolute atomic E-state index is 0.158. The summed E-state index contributed by atoms with van der Waals surface area (Å²) in [5.74, 6) is 0.810. The van der Waals surface area contributed by atoms with Gasteiger partial charge in [0.25, 0.3) is 0 Å². The Labute approximate surface area is 94.1 Å². The first-order valence-corrected chi connectivity index (χ1v) is 5.24. The highest BCUT2D eigenvalue weighted by molar-refractivity contribution is 5.36. The van der Waals surface area contributed by atoms with Gasteiger partial charge >= 0.3 is 0 Å². The maximum Gasteiger partial charge on any atom is 0.119 e. The van der Waals surface area contributed by atoms with Crippen molar-refractivity contribution in [3.8, 4) is 11.4 Å². The lowest BCUT2D eigenvalue weighted by Gasteiger charge is -2.06. The third-order valence-electron chi connectivity index (χ3n) is 2.18. The Bertz CT molecular complexity index is 409. The molecule has 16 heavy (non-hydrogen) atoms. The van der Waals surface area contributed by atoms with Crippen LogP contribution in [0.3, 0.4) is 0 Å². The van der Waals surface area contributed by atoms with Crippen molar-refractivity contribution in [3.05, 3.63) is 42.7 Å². The van der Waals surface area contributed by atoms with Crippen molar-refractivity contribution in [1.29, 1.82) is 0 Å². The molecule has 1 aromatic carbocycles. The van der Waals surface area contributed by atoms with Gasteiger partial charge in [0.15, 0.2) is 0 Å². The van der Waals surface area contributed by atoms with E-state index in [9.17, 15) is 0 Å². The van der Waals surface area contributed by atoms with Gasteiger partial charge in [0.2, 0.25) is 0 Å². The van der Waals surface area contributed by atoms with Gasteiger partial charge in [-0.25, -0.2) is 4.68 Å². The van der Waals surface area contributed by atoms with Crippen molar-refractivity contribution in [2.45, 2.75) is 6.42 Å². The molecule has 4 nitrogen and oxygen atoms in total. The lowest BCUT2D eigenvalue weighted by Crippen LogP contribution is -2.00. The maximum atomic E-state index is 8.62. The molecular formula is C12H14N2O2. The number of benzene rings is 1. The van der Waals surface area contributed by atoms with Crippen LogP contribution in [0, 0.1) is 0 Å². The molecule has 1 aromatic heterocycles. The fourth-order valence-corrected chi connectivity index (χ4v) is 1.37. The normalized spacial score (nSPS) is 10.3. The molecule has 0 aliphatic rings. The molecule has 0 bridgehead atoms. The molecule has 0 saturated heterocycles. The van der Waals surface area contributed by atoms with E-state index in [4.69, 9.17) is 9.84 Å². The summed E-state index contributed by atoms with van der Waals surface area (Å²) in [6, 6.07) is 9.57. The summed E-state index contributed by atoms with van der Waals surface area (Å²) in [5, 5.41) is 12.8. The fraction of sp³-hybridized carbons (Fsp3) is 0.250. The highest BCUT2D eigenvalue weighted by Gasteiger charge is 1.97. The second kappa shape index (κ2) is 5.32. The summed E-state index contributed by atoms with van der Waals surface area (Å²) in [5.41, 5.74) is 1.000. The Hall–Kier alpha value is -1.81. The molecule has 0 radical (unpaired) electrons. The van der Waals surface area contributed by atoms with Crippen LogP contribution in [-0.4, -0.2) is 28.1 Å². The predicted molar refractivity (Wildman–Crippen MR) is 60.8 cm³/mol. The molecule has 0 unspecified atom stereocenters. The van der Waals surface area contributed by atoms with E-state index < -0.39 is 0 Å². The summed E-state index contributed by atoms with van der Waals surface area (Å²) < 4.78 is 7.22. The van der Waals surface area contributed by atoms with Crippen LogP contribution < -0.4 is 4.74 Å². The van der Waals surface area contributed by atoms with E-state index in [-0.39, 0.29) is 6.61 Å². The Morgan fingerprint density at radius 3 is 2.69 bits per heavy atom. The van der Waals surface area contributed by atoms with Crippen molar-refractivity contribution in [2.24, 2.45) is 0 Å². The number of aromatic nitrogens is 2. The number of rotatable bonds is 5. The monoisotopic (exact) mass is 218 g/mol. The van der Waals surface area contributed by atoms with Gasteiger partial charge in [-0.2, -0.15) is 5.10 Å². The van der Waals surface area contributed by atoms with Crippen LogP contribution in [-0.2, 0) is 0 Å². The highest BCUT2D eigenvalue weighted by atomic mass is 16.5. The SMILES string of the molecule is OCCCOc1ccc(-n2cccn2)cc1. The number of aliphatic hydroxyl groups excluding tert-OH is 1. The van der Waals surface area contributed by atoms with E-state index in [1.165, 1.54) is 0 Å². The van der Waals surface area contributed by atoms with E-state index in [0.717, 1.165) is 11.4 Å². The molecule has 4 heteroatoms. The first kappa shape index (κ1) is 10.7. The maximum absolute atomic E-state index is 8.62. The van der Waals surface area contributed by atoms with E-state index >= 15 is 0 Å². The second-order valence-corrected chi connectivity index (χ2v) is 3.37. The Kier molecular flexibility index (Phi) is 3.56. The van der Waals surface area contributed by atoms with Crippen LogP contribution >= 0.6 is 0 Å². The molecule has 1 heterocycles. The van der Waals surface area contributed by atoms with Crippen molar-refractivity contribution >= 4 is 0 Å². The highest BCUT2D eigenvalue weighted by Crippen LogP contribution is 2.14. The van der Waals surface area contributed by atoms with Gasteiger partial charge < -0.3 is 9.84 Å². The third-order valence-corrected chi connectivity index (χ3v) is 2.18. The van der Waals surface area contributed by atoms with Gasteiger partial charge in [-0.05, 0) is 30.3 Å². The Morgan fingerprint density at radius 2 is 2.06 bits per heavy atom. The molecular weight excluding hydrogens is 204 g/mol. The van der Waals surface area contributed by atoms with Crippen LogP contribution in [0.15, 0.2) is 42.7 Å². The number of hydrogen-bond donors (Lipinski definition) is 1. The Morgan fingerprint density at radius 1 is 1.25 bits per heavy atom. The largest absolute Gasteiger partial charge is 0.494 e. The minimum atomic E-state index is 0.158. The third kappa shape index (κ3) is 2.61. The zero-order valence-electron chi connectivity index (χ0n) is 8.91. The molecule has 0 fully saturated rings. The van der Waals surface area contributed by atoms with Crippen LogP contribution in [0.5, 0.6) is 5.75 Å². The van der Waals surface area contributed by atoms with E-state index in [0.29, 0.717) is 13.0 Å². The van der Waals surface area contributed by atoms with Gasteiger partial charge in [0, 0.05) is 25.4 Å².